The van der Waals surface area contributed by atoms with Gasteiger partial charge in [-0.05, 0) is 33.1 Å². The summed E-state index contributed by atoms with van der Waals surface area (Å²) in [6.45, 7) is 7.27. The van der Waals surface area contributed by atoms with Crippen molar-refractivity contribution in [3.05, 3.63) is 18.2 Å². The van der Waals surface area contributed by atoms with E-state index in [1.165, 1.54) is 6.42 Å². The fourth-order valence-corrected chi connectivity index (χ4v) is 4.59. The predicted molar refractivity (Wildman–Crippen MR) is 104 cm³/mol. The van der Waals surface area contributed by atoms with Crippen LogP contribution in [-0.2, 0) is 21.7 Å². The molecule has 1 spiro atoms. The molecule has 0 aliphatic carbocycles. The maximum absolute atomic E-state index is 13.1. The SMILES string of the molecule is CC(C)NC(=O)N1CCC2(CC1)O[C@@H](C(=O)N1CCCCC1)Cn1ccnc12. The Morgan fingerprint density at radius 3 is 2.54 bits per heavy atom. The number of likely N-dealkylation sites (tertiary alicyclic amines) is 2. The lowest BCUT2D eigenvalue weighted by Gasteiger charge is -2.46. The summed E-state index contributed by atoms with van der Waals surface area (Å²) < 4.78 is 8.56. The van der Waals surface area contributed by atoms with Gasteiger partial charge in [0.05, 0.1) is 6.54 Å². The number of fused-ring (bicyclic) bond motifs is 2. The molecule has 28 heavy (non-hydrogen) atoms. The van der Waals surface area contributed by atoms with Crippen LogP contribution in [0.2, 0.25) is 0 Å². The van der Waals surface area contributed by atoms with Crippen molar-refractivity contribution >= 4 is 11.9 Å². The normalized spacial score (nSPS) is 24.3. The molecule has 3 aliphatic heterocycles. The zero-order valence-corrected chi connectivity index (χ0v) is 16.9. The number of urea groups is 1. The van der Waals surface area contributed by atoms with Gasteiger partial charge in [0, 0.05) is 57.5 Å². The van der Waals surface area contributed by atoms with E-state index >= 15 is 0 Å². The Kier molecular flexibility index (Phi) is 5.31. The highest BCUT2D eigenvalue weighted by atomic mass is 16.5. The van der Waals surface area contributed by atoms with Crippen molar-refractivity contribution < 1.29 is 14.3 Å². The molecule has 8 heteroatoms. The maximum atomic E-state index is 13.1. The van der Waals surface area contributed by atoms with E-state index in [-0.39, 0.29) is 18.0 Å². The van der Waals surface area contributed by atoms with Crippen molar-refractivity contribution in [2.45, 2.75) is 70.2 Å². The molecule has 3 aliphatic rings. The summed E-state index contributed by atoms with van der Waals surface area (Å²) in [6, 6.07) is 0.0738. The predicted octanol–water partition coefficient (Wildman–Crippen LogP) is 1.70. The van der Waals surface area contributed by atoms with E-state index in [0.717, 1.165) is 31.8 Å². The number of amides is 3. The summed E-state index contributed by atoms with van der Waals surface area (Å²) >= 11 is 0. The highest BCUT2D eigenvalue weighted by Crippen LogP contribution is 2.40. The number of rotatable bonds is 2. The zero-order chi connectivity index (χ0) is 19.7. The van der Waals surface area contributed by atoms with Crippen LogP contribution < -0.4 is 5.32 Å². The lowest BCUT2D eigenvalue weighted by atomic mass is 9.88. The van der Waals surface area contributed by atoms with Crippen LogP contribution in [0.1, 0.15) is 51.8 Å². The maximum Gasteiger partial charge on any atom is 0.317 e. The first-order valence-electron chi connectivity index (χ1n) is 10.5. The number of hydrogen-bond donors (Lipinski definition) is 1. The first-order valence-corrected chi connectivity index (χ1v) is 10.5. The molecular weight excluding hydrogens is 358 g/mol. The van der Waals surface area contributed by atoms with Crippen LogP contribution in [0.4, 0.5) is 4.79 Å². The van der Waals surface area contributed by atoms with E-state index in [1.54, 1.807) is 6.20 Å². The van der Waals surface area contributed by atoms with E-state index in [1.807, 2.05) is 29.8 Å². The van der Waals surface area contributed by atoms with Gasteiger partial charge in [0.25, 0.3) is 5.91 Å². The molecule has 0 aromatic carbocycles. The van der Waals surface area contributed by atoms with Gasteiger partial charge >= 0.3 is 6.03 Å². The molecule has 0 saturated carbocycles. The van der Waals surface area contributed by atoms with Gasteiger partial charge < -0.3 is 24.4 Å². The number of imidazole rings is 1. The second-order valence-electron chi connectivity index (χ2n) is 8.48. The van der Waals surface area contributed by atoms with Crippen molar-refractivity contribution in [3.8, 4) is 0 Å². The van der Waals surface area contributed by atoms with Gasteiger partial charge in [-0.25, -0.2) is 9.78 Å². The molecule has 1 aromatic rings. The molecule has 1 N–H and O–H groups in total. The summed E-state index contributed by atoms with van der Waals surface area (Å²) in [6.07, 6.45) is 7.88. The monoisotopic (exact) mass is 389 g/mol. The summed E-state index contributed by atoms with van der Waals surface area (Å²) in [5.41, 5.74) is -0.591. The molecule has 1 atom stereocenters. The largest absolute Gasteiger partial charge is 0.352 e. The van der Waals surface area contributed by atoms with Gasteiger partial charge in [0.2, 0.25) is 0 Å². The second kappa shape index (κ2) is 7.73. The standard InChI is InChI=1S/C20H31N5O3/c1-15(2)22-19(27)24-11-6-20(7-12-24)18-21-8-13-25(18)14-16(28-20)17(26)23-9-4-3-5-10-23/h8,13,15-16H,3-7,9-12,14H2,1-2H3,(H,22,27)/t16-/m1/s1. The molecular formula is C20H31N5O3. The number of aromatic nitrogens is 2. The van der Waals surface area contributed by atoms with Gasteiger partial charge in [-0.1, -0.05) is 0 Å². The van der Waals surface area contributed by atoms with Crippen LogP contribution in [-0.4, -0.2) is 69.6 Å². The Hall–Kier alpha value is -2.09. The van der Waals surface area contributed by atoms with Gasteiger partial charge in [0.1, 0.15) is 11.4 Å². The van der Waals surface area contributed by atoms with Gasteiger partial charge in [0.15, 0.2) is 6.10 Å². The summed E-state index contributed by atoms with van der Waals surface area (Å²) in [5, 5.41) is 2.95. The number of carbonyl (C=O) groups is 2. The minimum Gasteiger partial charge on any atom is -0.352 e. The van der Waals surface area contributed by atoms with Crippen LogP contribution in [0.15, 0.2) is 12.4 Å². The Balaban J connectivity index is 1.49. The zero-order valence-electron chi connectivity index (χ0n) is 16.9. The Morgan fingerprint density at radius 1 is 1.14 bits per heavy atom. The van der Waals surface area contributed by atoms with Crippen LogP contribution in [0.25, 0.3) is 0 Å². The fraction of sp³-hybridized carbons (Fsp3) is 0.750. The first kappa shape index (κ1) is 19.2. The molecule has 4 heterocycles. The number of ether oxygens (including phenoxy) is 1. The molecule has 8 nitrogen and oxygen atoms in total. The van der Waals surface area contributed by atoms with Gasteiger partial charge in [-0.15, -0.1) is 0 Å². The van der Waals surface area contributed by atoms with Crippen molar-refractivity contribution in [1.82, 2.24) is 24.7 Å². The van der Waals surface area contributed by atoms with E-state index in [0.29, 0.717) is 32.5 Å². The molecule has 0 bridgehead atoms. The molecule has 0 unspecified atom stereocenters. The van der Waals surface area contributed by atoms with Crippen LogP contribution in [0.5, 0.6) is 0 Å². The number of nitrogens with zero attached hydrogens (tertiary/aromatic N) is 4. The van der Waals surface area contributed by atoms with Crippen molar-refractivity contribution in [2.24, 2.45) is 0 Å². The minimum absolute atomic E-state index is 0.0371. The third kappa shape index (κ3) is 3.62. The molecule has 2 fully saturated rings. The number of piperidine rings is 2. The second-order valence-corrected chi connectivity index (χ2v) is 8.48. The summed E-state index contributed by atoms with van der Waals surface area (Å²) in [4.78, 5) is 33.8. The smallest absolute Gasteiger partial charge is 0.317 e. The number of carbonyl (C=O) groups excluding carboxylic acids is 2. The Labute approximate surface area is 166 Å². The fourth-order valence-electron chi connectivity index (χ4n) is 4.59. The van der Waals surface area contributed by atoms with Crippen LogP contribution in [0.3, 0.4) is 0 Å². The molecule has 1 aromatic heterocycles. The summed E-state index contributed by atoms with van der Waals surface area (Å²) in [5.74, 6) is 0.984. The van der Waals surface area contributed by atoms with Crippen molar-refractivity contribution in [3.63, 3.8) is 0 Å². The van der Waals surface area contributed by atoms with Gasteiger partial charge in [-0.2, -0.15) is 0 Å². The van der Waals surface area contributed by atoms with Crippen molar-refractivity contribution in [2.75, 3.05) is 26.2 Å². The Bertz CT molecular complexity index is 717. The van der Waals surface area contributed by atoms with E-state index in [9.17, 15) is 9.59 Å². The quantitative estimate of drug-likeness (QED) is 0.835. The number of nitrogens with one attached hydrogen (secondary N) is 1. The highest BCUT2D eigenvalue weighted by molar-refractivity contribution is 5.81. The number of hydrogen-bond acceptors (Lipinski definition) is 4. The average Bonchev–Trinajstić information content (AvgIpc) is 3.18. The topological polar surface area (TPSA) is 79.7 Å². The van der Waals surface area contributed by atoms with Crippen LogP contribution in [0, 0.1) is 0 Å². The molecule has 2 saturated heterocycles. The van der Waals surface area contributed by atoms with E-state index < -0.39 is 11.7 Å². The minimum atomic E-state index is -0.591. The Morgan fingerprint density at radius 2 is 1.86 bits per heavy atom. The molecule has 154 valence electrons. The lowest BCUT2D eigenvalue weighted by Crippen LogP contribution is -2.56. The van der Waals surface area contributed by atoms with E-state index in [4.69, 9.17) is 4.74 Å². The summed E-state index contributed by atoms with van der Waals surface area (Å²) in [7, 11) is 0. The molecule has 3 amide bonds. The molecule has 4 rings (SSSR count). The third-order valence-electron chi connectivity index (χ3n) is 6.07. The van der Waals surface area contributed by atoms with E-state index in [2.05, 4.69) is 14.9 Å². The highest BCUT2D eigenvalue weighted by Gasteiger charge is 2.48. The third-order valence-corrected chi connectivity index (χ3v) is 6.07. The van der Waals surface area contributed by atoms with Gasteiger partial charge in [-0.3, -0.25) is 4.79 Å². The van der Waals surface area contributed by atoms with Crippen molar-refractivity contribution in [1.29, 1.82) is 0 Å². The molecule has 0 radical (unpaired) electrons. The lowest BCUT2D eigenvalue weighted by molar-refractivity contribution is -0.180. The average molecular weight is 390 g/mol. The first-order chi connectivity index (χ1) is 13.5. The van der Waals surface area contributed by atoms with Crippen LogP contribution >= 0.6 is 0 Å².